The van der Waals surface area contributed by atoms with Gasteiger partial charge in [0.15, 0.2) is 0 Å². The lowest BCUT2D eigenvalue weighted by Gasteiger charge is -2.19. The van der Waals surface area contributed by atoms with Crippen molar-refractivity contribution in [1.29, 1.82) is 0 Å². The van der Waals surface area contributed by atoms with E-state index in [1.807, 2.05) is 0 Å². The highest BCUT2D eigenvalue weighted by Crippen LogP contribution is 2.28. The van der Waals surface area contributed by atoms with Crippen molar-refractivity contribution in [3.63, 3.8) is 0 Å². The molecule has 0 amide bonds. The summed E-state index contributed by atoms with van der Waals surface area (Å²) < 4.78 is 6.05. The van der Waals surface area contributed by atoms with Gasteiger partial charge in [-0.15, -0.1) is 0 Å². The summed E-state index contributed by atoms with van der Waals surface area (Å²) in [6.45, 7) is 11.6. The quantitative estimate of drug-likeness (QED) is 0.877. The first-order chi connectivity index (χ1) is 8.42. The zero-order valence-electron chi connectivity index (χ0n) is 12.1. The van der Waals surface area contributed by atoms with E-state index in [-0.39, 0.29) is 5.54 Å². The lowest BCUT2D eigenvalue weighted by atomic mass is 10.1. The second-order valence-electron chi connectivity index (χ2n) is 5.90. The lowest BCUT2D eigenvalue weighted by molar-refractivity contribution is 0.393. The van der Waals surface area contributed by atoms with E-state index in [4.69, 9.17) is 4.42 Å². The molecule has 0 aliphatic rings. The Morgan fingerprint density at radius 3 is 2.56 bits per heavy atom. The number of hydrogen-bond acceptors (Lipinski definition) is 2. The summed E-state index contributed by atoms with van der Waals surface area (Å²) in [5, 5.41) is 4.73. The summed E-state index contributed by atoms with van der Waals surface area (Å²) >= 11 is 0. The Morgan fingerprint density at radius 2 is 1.94 bits per heavy atom. The van der Waals surface area contributed by atoms with Crippen LogP contribution in [0.5, 0.6) is 0 Å². The lowest BCUT2D eigenvalue weighted by Crippen LogP contribution is -2.35. The largest absolute Gasteiger partial charge is 0.459 e. The molecule has 98 valence electrons. The molecule has 0 spiro atoms. The van der Waals surface area contributed by atoms with E-state index >= 15 is 0 Å². The molecular weight excluding hydrogens is 222 g/mol. The van der Waals surface area contributed by atoms with E-state index in [1.54, 1.807) is 0 Å². The zero-order valence-corrected chi connectivity index (χ0v) is 12.1. The van der Waals surface area contributed by atoms with Crippen LogP contribution < -0.4 is 5.32 Å². The zero-order chi connectivity index (χ0) is 13.3. The van der Waals surface area contributed by atoms with Crippen molar-refractivity contribution in [2.45, 2.75) is 53.1 Å². The predicted molar refractivity (Wildman–Crippen MR) is 76.9 cm³/mol. The van der Waals surface area contributed by atoms with Crippen LogP contribution in [0.4, 0.5) is 0 Å². The van der Waals surface area contributed by atoms with Gasteiger partial charge >= 0.3 is 0 Å². The van der Waals surface area contributed by atoms with Crippen LogP contribution in [-0.4, -0.2) is 5.54 Å². The minimum absolute atomic E-state index is 0.110. The second kappa shape index (κ2) is 4.77. The normalized spacial score (nSPS) is 12.3. The van der Waals surface area contributed by atoms with Crippen molar-refractivity contribution >= 4 is 11.0 Å². The number of para-hydroxylation sites is 1. The van der Waals surface area contributed by atoms with Gasteiger partial charge in [-0.2, -0.15) is 0 Å². The molecule has 0 saturated carbocycles. The fraction of sp³-hybridized carbons (Fsp3) is 0.500. The first-order valence-electron chi connectivity index (χ1n) is 6.67. The third-order valence-corrected chi connectivity index (χ3v) is 3.30. The monoisotopic (exact) mass is 245 g/mol. The van der Waals surface area contributed by atoms with Gasteiger partial charge in [-0.05, 0) is 45.2 Å². The van der Waals surface area contributed by atoms with Gasteiger partial charge in [-0.25, -0.2) is 0 Å². The smallest absolute Gasteiger partial charge is 0.137 e. The molecule has 1 N–H and O–H groups in total. The van der Waals surface area contributed by atoms with Crippen LogP contribution in [0, 0.1) is 6.92 Å². The molecule has 18 heavy (non-hydrogen) atoms. The van der Waals surface area contributed by atoms with Gasteiger partial charge in [-0.1, -0.05) is 25.1 Å². The van der Waals surface area contributed by atoms with Crippen molar-refractivity contribution in [3.05, 3.63) is 35.1 Å². The standard InChI is InChI=1S/C16H23NO/c1-6-12-8-7-9-13-11(2)14(18-15(12)13)10-17-16(3,4)5/h7-9,17H,6,10H2,1-5H3. The predicted octanol–water partition coefficient (Wildman–Crippen LogP) is 4.19. The molecule has 0 saturated heterocycles. The fourth-order valence-electron chi connectivity index (χ4n) is 2.14. The number of furan rings is 1. The molecule has 0 bridgehead atoms. The topological polar surface area (TPSA) is 25.2 Å². The van der Waals surface area contributed by atoms with Crippen LogP contribution >= 0.6 is 0 Å². The molecule has 2 aromatic rings. The van der Waals surface area contributed by atoms with Gasteiger partial charge in [0.05, 0.1) is 6.54 Å². The number of rotatable bonds is 3. The molecule has 0 radical (unpaired) electrons. The van der Waals surface area contributed by atoms with Crippen LogP contribution in [0.1, 0.15) is 44.6 Å². The van der Waals surface area contributed by atoms with E-state index in [9.17, 15) is 0 Å². The molecule has 0 aliphatic heterocycles. The maximum absolute atomic E-state index is 6.05. The van der Waals surface area contributed by atoms with Gasteiger partial charge in [0.1, 0.15) is 11.3 Å². The Balaban J connectivity index is 2.38. The van der Waals surface area contributed by atoms with E-state index in [0.29, 0.717) is 0 Å². The van der Waals surface area contributed by atoms with Crippen molar-refractivity contribution in [3.8, 4) is 0 Å². The van der Waals surface area contributed by atoms with Crippen LogP contribution in [-0.2, 0) is 13.0 Å². The molecule has 0 unspecified atom stereocenters. The molecule has 0 aliphatic carbocycles. The van der Waals surface area contributed by atoms with E-state index in [2.05, 4.69) is 58.1 Å². The Hall–Kier alpha value is -1.28. The van der Waals surface area contributed by atoms with Gasteiger partial charge in [0, 0.05) is 10.9 Å². The van der Waals surface area contributed by atoms with E-state index in [0.717, 1.165) is 24.3 Å². The Kier molecular flexibility index (Phi) is 3.49. The van der Waals surface area contributed by atoms with Crippen molar-refractivity contribution < 1.29 is 4.42 Å². The van der Waals surface area contributed by atoms with Crippen molar-refractivity contribution in [2.75, 3.05) is 0 Å². The average molecular weight is 245 g/mol. The second-order valence-corrected chi connectivity index (χ2v) is 5.90. The van der Waals surface area contributed by atoms with Crippen molar-refractivity contribution in [2.24, 2.45) is 0 Å². The highest BCUT2D eigenvalue weighted by molar-refractivity contribution is 5.84. The summed E-state index contributed by atoms with van der Waals surface area (Å²) in [5.41, 5.74) is 3.72. The maximum Gasteiger partial charge on any atom is 0.137 e. The van der Waals surface area contributed by atoms with Crippen molar-refractivity contribution in [1.82, 2.24) is 5.32 Å². The van der Waals surface area contributed by atoms with Crippen LogP contribution in [0.15, 0.2) is 22.6 Å². The summed E-state index contributed by atoms with van der Waals surface area (Å²) in [4.78, 5) is 0. The Morgan fingerprint density at radius 1 is 1.22 bits per heavy atom. The molecule has 0 atom stereocenters. The number of nitrogens with one attached hydrogen (secondary N) is 1. The Bertz CT molecular complexity index is 546. The molecule has 2 heteroatoms. The molecule has 2 nitrogen and oxygen atoms in total. The minimum atomic E-state index is 0.110. The highest BCUT2D eigenvalue weighted by Gasteiger charge is 2.15. The summed E-state index contributed by atoms with van der Waals surface area (Å²) in [6.07, 6.45) is 1.01. The molecular formula is C16H23NO. The van der Waals surface area contributed by atoms with E-state index in [1.165, 1.54) is 16.5 Å². The third-order valence-electron chi connectivity index (χ3n) is 3.30. The van der Waals surface area contributed by atoms with Crippen LogP contribution in [0.2, 0.25) is 0 Å². The summed E-state index contributed by atoms with van der Waals surface area (Å²) in [7, 11) is 0. The molecule has 2 rings (SSSR count). The van der Waals surface area contributed by atoms with Gasteiger partial charge < -0.3 is 9.73 Å². The maximum atomic E-state index is 6.05. The highest BCUT2D eigenvalue weighted by atomic mass is 16.3. The van der Waals surface area contributed by atoms with Gasteiger partial charge in [0.2, 0.25) is 0 Å². The average Bonchev–Trinajstić information content (AvgIpc) is 2.63. The third kappa shape index (κ3) is 2.59. The van der Waals surface area contributed by atoms with Gasteiger partial charge in [0.25, 0.3) is 0 Å². The number of benzene rings is 1. The molecule has 1 aromatic heterocycles. The van der Waals surface area contributed by atoms with Crippen LogP contribution in [0.3, 0.4) is 0 Å². The van der Waals surface area contributed by atoms with E-state index < -0.39 is 0 Å². The number of fused-ring (bicyclic) bond motifs is 1. The first-order valence-corrected chi connectivity index (χ1v) is 6.67. The minimum Gasteiger partial charge on any atom is -0.459 e. The summed E-state index contributed by atoms with van der Waals surface area (Å²) in [5.74, 6) is 1.06. The van der Waals surface area contributed by atoms with Crippen LogP contribution in [0.25, 0.3) is 11.0 Å². The SMILES string of the molecule is CCc1cccc2c(C)c(CNC(C)(C)C)oc12. The number of aryl methyl sites for hydroxylation is 2. The molecule has 1 heterocycles. The summed E-state index contributed by atoms with van der Waals surface area (Å²) in [6, 6.07) is 6.41. The fourth-order valence-corrected chi connectivity index (χ4v) is 2.14. The molecule has 1 aromatic carbocycles. The number of hydrogen-bond donors (Lipinski definition) is 1. The first kappa shape index (κ1) is 13.2. The van der Waals surface area contributed by atoms with Gasteiger partial charge in [-0.3, -0.25) is 0 Å². The molecule has 0 fully saturated rings. The Labute approximate surface area is 109 Å².